The summed E-state index contributed by atoms with van der Waals surface area (Å²) in [6.45, 7) is 0. The van der Waals surface area contributed by atoms with Crippen LogP contribution in [0.4, 0.5) is 5.69 Å². The molecule has 0 radical (unpaired) electrons. The number of nitrogens with zero attached hydrogens (tertiary/aromatic N) is 2. The zero-order valence-electron chi connectivity index (χ0n) is 22.0. The first-order valence-corrected chi connectivity index (χ1v) is 12.0. The van der Waals surface area contributed by atoms with Gasteiger partial charge in [0.2, 0.25) is 5.78 Å². The van der Waals surface area contributed by atoms with E-state index >= 15 is 0 Å². The number of phenols is 1. The fourth-order valence-corrected chi connectivity index (χ4v) is 5.96. The SMILES string of the molecule is COC(=O)C#Cc1cc(N(C)C)c2c(c1O)C(O)=C1C(=O)[C@]3(O)C(O)=C(C(N)=O)C(=O)[C@H](N(C)C)[C@@H]3C[C@@H]1C2. The van der Waals surface area contributed by atoms with Gasteiger partial charge in [-0.1, -0.05) is 5.92 Å². The van der Waals surface area contributed by atoms with Crippen molar-refractivity contribution >= 4 is 34.9 Å². The second kappa shape index (κ2) is 9.44. The van der Waals surface area contributed by atoms with Gasteiger partial charge in [-0.2, -0.15) is 0 Å². The number of methoxy groups -OCH3 is 1. The maximum Gasteiger partial charge on any atom is 0.384 e. The summed E-state index contributed by atoms with van der Waals surface area (Å²) in [4.78, 5) is 53.9. The minimum atomic E-state index is -2.73. The number of rotatable bonds is 3. The summed E-state index contributed by atoms with van der Waals surface area (Å²) in [6, 6.07) is 0.365. The van der Waals surface area contributed by atoms with Gasteiger partial charge in [-0.25, -0.2) is 4.79 Å². The standard InChI is InChI=1S/C27H29N3O9/c1-29(2)15-10-11(6-7-16(31)39-5)21(32)18-13(15)8-12-9-14-20(30(3)4)23(34)19(26(28)37)25(36)27(14,38)24(35)17(12)22(18)33/h10,12,14,20,32-33,36,38H,8-9H2,1-5H3,(H2,28,37)/t12-,14-,20+,27-/m0/s1. The third-order valence-corrected chi connectivity index (χ3v) is 7.66. The van der Waals surface area contributed by atoms with Crippen molar-refractivity contribution in [2.75, 3.05) is 40.2 Å². The molecule has 1 fully saturated rings. The number of fused-ring (bicyclic) bond motifs is 3. The minimum Gasteiger partial charge on any atom is -0.508 e. The Labute approximate surface area is 223 Å². The summed E-state index contributed by atoms with van der Waals surface area (Å²) in [5, 5.41) is 45.1. The number of carbonyl (C=O) groups excluding carboxylic acids is 4. The number of ether oxygens (including phenoxy) is 1. The van der Waals surface area contributed by atoms with E-state index in [1.807, 2.05) is 0 Å². The number of esters is 1. The Kier molecular flexibility index (Phi) is 6.70. The van der Waals surface area contributed by atoms with E-state index in [0.717, 1.165) is 7.11 Å². The molecule has 39 heavy (non-hydrogen) atoms. The molecule has 0 bridgehead atoms. The van der Waals surface area contributed by atoms with Gasteiger partial charge in [0, 0.05) is 37.2 Å². The van der Waals surface area contributed by atoms with E-state index in [1.165, 1.54) is 25.1 Å². The Morgan fingerprint density at radius 1 is 1.15 bits per heavy atom. The van der Waals surface area contributed by atoms with Gasteiger partial charge in [0.15, 0.2) is 11.4 Å². The average molecular weight is 540 g/mol. The van der Waals surface area contributed by atoms with Crippen LogP contribution in [0.1, 0.15) is 23.1 Å². The number of aromatic hydroxyl groups is 1. The van der Waals surface area contributed by atoms with Crippen molar-refractivity contribution in [3.05, 3.63) is 39.7 Å². The lowest BCUT2D eigenvalue weighted by Gasteiger charge is -2.50. The maximum absolute atomic E-state index is 13.9. The Balaban J connectivity index is 2.00. The van der Waals surface area contributed by atoms with Crippen molar-refractivity contribution in [3.8, 4) is 17.6 Å². The largest absolute Gasteiger partial charge is 0.508 e. The van der Waals surface area contributed by atoms with Crippen LogP contribution in [-0.2, 0) is 30.3 Å². The first-order valence-electron chi connectivity index (χ1n) is 12.0. The Bertz CT molecular complexity index is 1460. The molecular weight excluding hydrogens is 510 g/mol. The van der Waals surface area contributed by atoms with Crippen LogP contribution in [0.3, 0.4) is 0 Å². The molecule has 12 heteroatoms. The van der Waals surface area contributed by atoms with Crippen LogP contribution in [0.15, 0.2) is 23.0 Å². The number of anilines is 1. The highest BCUT2D eigenvalue weighted by Gasteiger charge is 2.64. The van der Waals surface area contributed by atoms with Gasteiger partial charge in [-0.15, -0.1) is 0 Å². The number of amides is 1. The summed E-state index contributed by atoms with van der Waals surface area (Å²) in [5.74, 6) is -3.56. The van der Waals surface area contributed by atoms with Crippen LogP contribution >= 0.6 is 0 Å². The number of phenolic OH excluding ortho intramolecular Hbond substituents is 1. The summed E-state index contributed by atoms with van der Waals surface area (Å²) in [5.41, 5.74) is 2.33. The molecule has 0 aromatic heterocycles. The normalized spacial score (nSPS) is 25.9. The van der Waals surface area contributed by atoms with Crippen molar-refractivity contribution in [1.82, 2.24) is 4.90 Å². The van der Waals surface area contributed by atoms with Crippen molar-refractivity contribution in [2.24, 2.45) is 17.6 Å². The zero-order valence-corrected chi connectivity index (χ0v) is 22.0. The molecular formula is C27H29N3O9. The Morgan fingerprint density at radius 3 is 2.33 bits per heavy atom. The van der Waals surface area contributed by atoms with Gasteiger partial charge in [-0.05, 0) is 44.5 Å². The predicted octanol–water partition coefficient (Wildman–Crippen LogP) is -0.445. The van der Waals surface area contributed by atoms with E-state index in [0.29, 0.717) is 11.3 Å². The monoisotopic (exact) mass is 539 g/mol. The molecule has 6 N–H and O–H groups in total. The molecule has 12 nitrogen and oxygen atoms in total. The number of hydrogen-bond acceptors (Lipinski definition) is 11. The highest BCUT2D eigenvalue weighted by atomic mass is 16.5. The van der Waals surface area contributed by atoms with Gasteiger partial charge < -0.3 is 35.8 Å². The molecule has 0 spiro atoms. The van der Waals surface area contributed by atoms with Crippen LogP contribution in [0, 0.1) is 23.7 Å². The number of benzene rings is 1. The number of nitrogens with two attached hydrogens (primary N) is 1. The smallest absolute Gasteiger partial charge is 0.384 e. The molecule has 4 rings (SSSR count). The van der Waals surface area contributed by atoms with Gasteiger partial charge in [0.1, 0.15) is 22.8 Å². The lowest BCUT2D eigenvalue weighted by atomic mass is 9.57. The third-order valence-electron chi connectivity index (χ3n) is 7.66. The van der Waals surface area contributed by atoms with Gasteiger partial charge in [0.05, 0.1) is 24.3 Å². The van der Waals surface area contributed by atoms with Crippen LogP contribution in [0.2, 0.25) is 0 Å². The molecule has 3 aliphatic rings. The molecule has 1 saturated carbocycles. The van der Waals surface area contributed by atoms with Crippen molar-refractivity contribution < 1.29 is 44.3 Å². The summed E-state index contributed by atoms with van der Waals surface area (Å²) < 4.78 is 4.51. The lowest BCUT2D eigenvalue weighted by molar-refractivity contribution is -0.153. The summed E-state index contributed by atoms with van der Waals surface area (Å²) in [6.07, 6.45) is 0.101. The number of ketones is 2. The number of carbonyl (C=O) groups is 4. The summed E-state index contributed by atoms with van der Waals surface area (Å²) >= 11 is 0. The van der Waals surface area contributed by atoms with E-state index in [2.05, 4.69) is 16.6 Å². The Morgan fingerprint density at radius 2 is 1.79 bits per heavy atom. The second-order valence-corrected chi connectivity index (χ2v) is 10.2. The van der Waals surface area contributed by atoms with Gasteiger partial charge in [0.25, 0.3) is 5.91 Å². The van der Waals surface area contributed by atoms with Crippen LogP contribution in [-0.4, -0.2) is 95.7 Å². The van der Waals surface area contributed by atoms with Crippen LogP contribution in [0.25, 0.3) is 5.76 Å². The second-order valence-electron chi connectivity index (χ2n) is 10.2. The molecule has 3 aliphatic carbocycles. The topological polar surface area (TPSA) is 191 Å². The fourth-order valence-electron chi connectivity index (χ4n) is 5.96. The molecule has 1 amide bonds. The van der Waals surface area contributed by atoms with Crippen molar-refractivity contribution in [3.63, 3.8) is 0 Å². The van der Waals surface area contributed by atoms with Crippen molar-refractivity contribution in [1.29, 1.82) is 0 Å². The minimum absolute atomic E-state index is 0.0245. The maximum atomic E-state index is 13.9. The molecule has 0 unspecified atom stereocenters. The van der Waals surface area contributed by atoms with Crippen LogP contribution < -0.4 is 10.6 Å². The molecule has 1 aromatic rings. The average Bonchev–Trinajstić information content (AvgIpc) is 2.84. The predicted molar refractivity (Wildman–Crippen MR) is 137 cm³/mol. The van der Waals surface area contributed by atoms with E-state index in [1.54, 1.807) is 19.0 Å². The quantitative estimate of drug-likeness (QED) is 0.190. The first-order chi connectivity index (χ1) is 18.2. The zero-order chi connectivity index (χ0) is 29.1. The number of aliphatic hydroxyl groups excluding tert-OH is 2. The highest BCUT2D eigenvalue weighted by molar-refractivity contribution is 6.24. The number of primary amides is 1. The van der Waals surface area contributed by atoms with E-state index < -0.39 is 69.8 Å². The van der Waals surface area contributed by atoms with E-state index in [-0.39, 0.29) is 29.5 Å². The van der Waals surface area contributed by atoms with E-state index in [9.17, 15) is 39.6 Å². The number of aliphatic hydroxyl groups is 3. The van der Waals surface area contributed by atoms with Crippen LogP contribution in [0.5, 0.6) is 5.75 Å². The highest BCUT2D eigenvalue weighted by Crippen LogP contribution is 2.54. The molecule has 1 aromatic carbocycles. The third kappa shape index (κ3) is 3.93. The lowest BCUT2D eigenvalue weighted by Crippen LogP contribution is -2.65. The first kappa shape index (κ1) is 27.7. The van der Waals surface area contributed by atoms with E-state index in [4.69, 9.17) is 5.73 Å². The molecule has 0 heterocycles. The summed E-state index contributed by atoms with van der Waals surface area (Å²) in [7, 11) is 7.66. The van der Waals surface area contributed by atoms with Gasteiger partial charge in [-0.3, -0.25) is 19.3 Å². The molecule has 4 atom stereocenters. The molecule has 0 aliphatic heterocycles. The fraction of sp³-hybridized carbons (Fsp3) is 0.407. The molecule has 0 saturated heterocycles. The number of likely N-dealkylation sites (N-methyl/N-ethyl adjacent to an activating group) is 1. The molecule has 206 valence electrons. The Hall–Kier alpha value is -4.34. The van der Waals surface area contributed by atoms with Gasteiger partial charge >= 0.3 is 5.97 Å². The number of Topliss-reactive ketones (excluding diaryl/α,β-unsaturated/α-hetero) is 2. The number of hydrogen-bond donors (Lipinski definition) is 5. The van der Waals surface area contributed by atoms with Crippen molar-refractivity contribution in [2.45, 2.75) is 24.5 Å².